The number of benzene rings is 2. The Morgan fingerprint density at radius 2 is 2.05 bits per heavy atom. The summed E-state index contributed by atoms with van der Waals surface area (Å²) < 4.78 is 7.19. The van der Waals surface area contributed by atoms with Gasteiger partial charge < -0.3 is 15.5 Å². The molecule has 0 saturated heterocycles. The van der Waals surface area contributed by atoms with Crippen LogP contribution in [-0.4, -0.2) is 16.2 Å². The van der Waals surface area contributed by atoms with E-state index in [1.54, 1.807) is 16.7 Å². The number of nitrogens with zero attached hydrogens (tertiary/aromatic N) is 1. The molecule has 0 amide bonds. The third-order valence-electron chi connectivity index (χ3n) is 3.11. The van der Waals surface area contributed by atoms with E-state index in [-0.39, 0.29) is 5.69 Å². The van der Waals surface area contributed by atoms with Gasteiger partial charge in [-0.1, -0.05) is 12.1 Å². The number of imidazole rings is 1. The van der Waals surface area contributed by atoms with Crippen LogP contribution in [0.4, 0.5) is 5.69 Å². The van der Waals surface area contributed by atoms with Crippen molar-refractivity contribution in [3.05, 3.63) is 52.9 Å². The van der Waals surface area contributed by atoms with Crippen LogP contribution in [0.3, 0.4) is 0 Å². The second kappa shape index (κ2) is 4.77. The molecule has 1 aromatic heterocycles. The number of nitrogen functional groups attached to an aromatic ring is 1. The molecular weight excluding hydrogens is 254 g/mol. The van der Waals surface area contributed by atoms with Crippen molar-refractivity contribution in [1.82, 2.24) is 9.55 Å². The Morgan fingerprint density at radius 1 is 1.25 bits per heavy atom. The molecule has 0 radical (unpaired) electrons. The van der Waals surface area contributed by atoms with Crippen molar-refractivity contribution in [2.45, 2.75) is 6.92 Å². The average molecular weight is 269 g/mol. The Balaban J connectivity index is 2.30. The number of hydrogen-bond acceptors (Lipinski definition) is 3. The van der Waals surface area contributed by atoms with Crippen molar-refractivity contribution in [3.8, 4) is 11.4 Å². The van der Waals surface area contributed by atoms with Gasteiger partial charge in [-0.05, 0) is 37.3 Å². The van der Waals surface area contributed by atoms with Crippen LogP contribution in [0.2, 0.25) is 0 Å². The standard InChI is InChI=1S/C15H15N3O2/c1-2-20-14-6-4-3-5-13(14)18-12-8-7-10(16)9-11(12)17-15(18)19/h3-9H,2,16H2,1H3,(H,17,19). The van der Waals surface area contributed by atoms with Gasteiger partial charge in [0.2, 0.25) is 0 Å². The van der Waals surface area contributed by atoms with Crippen molar-refractivity contribution in [3.63, 3.8) is 0 Å². The Hall–Kier alpha value is -2.69. The molecule has 20 heavy (non-hydrogen) atoms. The van der Waals surface area contributed by atoms with Gasteiger partial charge in [0.05, 0.1) is 23.3 Å². The highest BCUT2D eigenvalue weighted by atomic mass is 16.5. The summed E-state index contributed by atoms with van der Waals surface area (Å²) in [4.78, 5) is 15.0. The largest absolute Gasteiger partial charge is 0.492 e. The molecule has 3 rings (SSSR count). The molecule has 0 saturated carbocycles. The van der Waals surface area contributed by atoms with Crippen molar-refractivity contribution < 1.29 is 4.74 Å². The van der Waals surface area contributed by atoms with Gasteiger partial charge in [-0.25, -0.2) is 4.79 Å². The summed E-state index contributed by atoms with van der Waals surface area (Å²) >= 11 is 0. The smallest absolute Gasteiger partial charge is 0.331 e. The van der Waals surface area contributed by atoms with Gasteiger partial charge in [0.25, 0.3) is 0 Å². The normalized spacial score (nSPS) is 10.8. The van der Waals surface area contributed by atoms with Crippen LogP contribution in [0.1, 0.15) is 6.92 Å². The Labute approximate surface area is 115 Å². The number of hydrogen-bond donors (Lipinski definition) is 2. The van der Waals surface area contributed by atoms with Gasteiger partial charge >= 0.3 is 5.69 Å². The number of H-pyrrole nitrogens is 1. The molecule has 5 heteroatoms. The van der Waals surface area contributed by atoms with E-state index in [1.165, 1.54) is 0 Å². The van der Waals surface area contributed by atoms with E-state index in [2.05, 4.69) is 4.98 Å². The number of nitrogens with one attached hydrogen (secondary N) is 1. The molecular formula is C15H15N3O2. The summed E-state index contributed by atoms with van der Waals surface area (Å²) in [5.74, 6) is 0.676. The topological polar surface area (TPSA) is 73.0 Å². The molecule has 0 fully saturated rings. The summed E-state index contributed by atoms with van der Waals surface area (Å²) in [6.07, 6.45) is 0. The highest BCUT2D eigenvalue weighted by molar-refractivity contribution is 5.81. The predicted molar refractivity (Wildman–Crippen MR) is 79.5 cm³/mol. The average Bonchev–Trinajstić information content (AvgIpc) is 2.75. The third kappa shape index (κ3) is 1.93. The molecule has 5 nitrogen and oxygen atoms in total. The fourth-order valence-electron chi connectivity index (χ4n) is 2.29. The Bertz CT molecular complexity index is 817. The summed E-state index contributed by atoms with van der Waals surface area (Å²) in [7, 11) is 0. The maximum absolute atomic E-state index is 12.2. The highest BCUT2D eigenvalue weighted by Crippen LogP contribution is 2.25. The van der Waals surface area contributed by atoms with E-state index in [4.69, 9.17) is 10.5 Å². The van der Waals surface area contributed by atoms with E-state index in [0.717, 1.165) is 11.2 Å². The lowest BCUT2D eigenvalue weighted by molar-refractivity contribution is 0.339. The first-order chi connectivity index (χ1) is 9.70. The number of rotatable bonds is 3. The van der Waals surface area contributed by atoms with Gasteiger partial charge in [0.1, 0.15) is 5.75 Å². The van der Waals surface area contributed by atoms with Gasteiger partial charge in [0.15, 0.2) is 0 Å². The first kappa shape index (κ1) is 12.3. The van der Waals surface area contributed by atoms with Crippen molar-refractivity contribution >= 4 is 16.7 Å². The molecule has 0 atom stereocenters. The van der Waals surface area contributed by atoms with Crippen LogP contribution in [0.15, 0.2) is 47.3 Å². The Kier molecular flexibility index (Phi) is 2.95. The van der Waals surface area contributed by atoms with Gasteiger partial charge in [-0.3, -0.25) is 4.57 Å². The van der Waals surface area contributed by atoms with Gasteiger partial charge in [0, 0.05) is 5.69 Å². The summed E-state index contributed by atoms with van der Waals surface area (Å²) in [6, 6.07) is 12.8. The van der Waals surface area contributed by atoms with Crippen LogP contribution in [-0.2, 0) is 0 Å². The summed E-state index contributed by atoms with van der Waals surface area (Å²) in [5, 5.41) is 0. The van der Waals surface area contributed by atoms with Gasteiger partial charge in [-0.2, -0.15) is 0 Å². The number of aromatic amines is 1. The fraction of sp³-hybridized carbons (Fsp3) is 0.133. The lowest BCUT2D eigenvalue weighted by atomic mass is 10.2. The fourth-order valence-corrected chi connectivity index (χ4v) is 2.29. The predicted octanol–water partition coefficient (Wildman–Crippen LogP) is 2.30. The SMILES string of the molecule is CCOc1ccccc1-n1c(=O)[nH]c2cc(N)ccc21. The minimum atomic E-state index is -0.210. The Morgan fingerprint density at radius 3 is 2.85 bits per heavy atom. The molecule has 0 aliphatic rings. The number of fused-ring (bicyclic) bond motifs is 1. The molecule has 2 aromatic carbocycles. The van der Waals surface area contributed by atoms with E-state index in [1.807, 2.05) is 37.3 Å². The summed E-state index contributed by atoms with van der Waals surface area (Å²) in [6.45, 7) is 2.45. The van der Waals surface area contributed by atoms with E-state index >= 15 is 0 Å². The number of nitrogens with two attached hydrogens (primary N) is 1. The van der Waals surface area contributed by atoms with Crippen LogP contribution in [0, 0.1) is 0 Å². The lowest BCUT2D eigenvalue weighted by Gasteiger charge is -2.10. The molecule has 1 heterocycles. The van der Waals surface area contributed by atoms with E-state index in [9.17, 15) is 4.79 Å². The first-order valence-corrected chi connectivity index (χ1v) is 6.43. The zero-order chi connectivity index (χ0) is 14.1. The molecule has 0 aliphatic heterocycles. The lowest BCUT2D eigenvalue weighted by Crippen LogP contribution is -2.15. The number of anilines is 1. The minimum absolute atomic E-state index is 0.210. The maximum Gasteiger partial charge on any atom is 0.331 e. The molecule has 0 aliphatic carbocycles. The monoisotopic (exact) mass is 269 g/mol. The minimum Gasteiger partial charge on any atom is -0.492 e. The van der Waals surface area contributed by atoms with Crippen molar-refractivity contribution in [2.75, 3.05) is 12.3 Å². The first-order valence-electron chi connectivity index (χ1n) is 6.43. The van der Waals surface area contributed by atoms with Crippen LogP contribution in [0.25, 0.3) is 16.7 Å². The molecule has 3 N–H and O–H groups in total. The maximum atomic E-state index is 12.2. The van der Waals surface area contributed by atoms with Crippen LogP contribution in [0.5, 0.6) is 5.75 Å². The zero-order valence-electron chi connectivity index (χ0n) is 11.1. The van der Waals surface area contributed by atoms with Crippen molar-refractivity contribution in [1.29, 1.82) is 0 Å². The third-order valence-corrected chi connectivity index (χ3v) is 3.11. The van der Waals surface area contributed by atoms with E-state index in [0.29, 0.717) is 23.6 Å². The number of ether oxygens (including phenoxy) is 1. The van der Waals surface area contributed by atoms with Crippen LogP contribution >= 0.6 is 0 Å². The molecule has 3 aromatic rings. The zero-order valence-corrected chi connectivity index (χ0v) is 11.1. The molecule has 0 bridgehead atoms. The van der Waals surface area contributed by atoms with E-state index < -0.39 is 0 Å². The second-order valence-corrected chi connectivity index (χ2v) is 4.44. The molecule has 0 spiro atoms. The second-order valence-electron chi connectivity index (χ2n) is 4.44. The quantitative estimate of drug-likeness (QED) is 0.716. The van der Waals surface area contributed by atoms with Gasteiger partial charge in [-0.15, -0.1) is 0 Å². The molecule has 102 valence electrons. The summed E-state index contributed by atoms with van der Waals surface area (Å²) in [5.41, 5.74) is 8.35. The van der Waals surface area contributed by atoms with Crippen LogP contribution < -0.4 is 16.2 Å². The van der Waals surface area contributed by atoms with Crippen molar-refractivity contribution in [2.24, 2.45) is 0 Å². The highest BCUT2D eigenvalue weighted by Gasteiger charge is 2.12. The number of para-hydroxylation sites is 2. The molecule has 0 unspecified atom stereocenters. The number of aromatic nitrogens is 2.